The number of rotatable bonds is 4. The molecule has 112 valence electrons. The Balaban J connectivity index is 1.98. The highest BCUT2D eigenvalue weighted by Gasteiger charge is 2.25. The molecule has 1 aromatic rings. The van der Waals surface area contributed by atoms with Crippen molar-refractivity contribution in [2.75, 3.05) is 6.61 Å². The Labute approximate surface area is 127 Å². The Bertz CT molecular complexity index is 453. The highest BCUT2D eigenvalue weighted by Crippen LogP contribution is 2.33. The van der Waals surface area contributed by atoms with Crippen LogP contribution in [0.25, 0.3) is 0 Å². The fourth-order valence-electron chi connectivity index (χ4n) is 2.34. The molecule has 0 aliphatic carbocycles. The zero-order valence-electron chi connectivity index (χ0n) is 13.3. The summed E-state index contributed by atoms with van der Waals surface area (Å²) < 4.78 is 5.64. The number of hydrogen-bond donors (Lipinski definition) is 1. The summed E-state index contributed by atoms with van der Waals surface area (Å²) in [6, 6.07) is 6.83. The van der Waals surface area contributed by atoms with Gasteiger partial charge in [-0.15, -0.1) is 11.8 Å². The molecule has 0 spiro atoms. The first-order chi connectivity index (χ1) is 9.35. The molecule has 0 bridgehead atoms. The van der Waals surface area contributed by atoms with Crippen molar-refractivity contribution in [3.63, 3.8) is 0 Å². The first kappa shape index (κ1) is 15.9. The minimum Gasteiger partial charge on any atom is -0.377 e. The summed E-state index contributed by atoms with van der Waals surface area (Å²) in [6.45, 7) is 12.8. The summed E-state index contributed by atoms with van der Waals surface area (Å²) >= 11 is 1.96. The third kappa shape index (κ3) is 4.51. The number of ether oxygens (including phenoxy) is 1. The van der Waals surface area contributed by atoms with Gasteiger partial charge in [0.05, 0.1) is 6.10 Å². The van der Waals surface area contributed by atoms with E-state index in [0.717, 1.165) is 19.6 Å². The highest BCUT2D eigenvalue weighted by molar-refractivity contribution is 8.00. The molecule has 1 saturated heterocycles. The second-order valence-corrected chi connectivity index (χ2v) is 8.03. The van der Waals surface area contributed by atoms with Crippen LogP contribution < -0.4 is 5.32 Å². The molecule has 0 aromatic heterocycles. The molecule has 1 aromatic carbocycles. The predicted molar refractivity (Wildman–Crippen MR) is 87.4 cm³/mol. The van der Waals surface area contributed by atoms with Crippen molar-refractivity contribution in [1.82, 2.24) is 5.32 Å². The number of aryl methyl sites for hydroxylation is 1. The number of benzene rings is 1. The van der Waals surface area contributed by atoms with E-state index in [-0.39, 0.29) is 5.54 Å². The molecule has 0 radical (unpaired) electrons. The molecule has 1 fully saturated rings. The lowest BCUT2D eigenvalue weighted by atomic mass is 10.1. The normalized spacial score (nSPS) is 23.2. The van der Waals surface area contributed by atoms with Crippen molar-refractivity contribution < 1.29 is 4.74 Å². The van der Waals surface area contributed by atoms with E-state index in [1.165, 1.54) is 16.0 Å². The smallest absolute Gasteiger partial charge is 0.0669 e. The third-order valence-electron chi connectivity index (χ3n) is 3.72. The van der Waals surface area contributed by atoms with Gasteiger partial charge in [-0.1, -0.05) is 6.07 Å². The zero-order valence-corrected chi connectivity index (χ0v) is 14.1. The van der Waals surface area contributed by atoms with Gasteiger partial charge in [0.25, 0.3) is 0 Å². The lowest BCUT2D eigenvalue weighted by Gasteiger charge is -2.21. The van der Waals surface area contributed by atoms with Crippen LogP contribution in [0.15, 0.2) is 23.1 Å². The summed E-state index contributed by atoms with van der Waals surface area (Å²) in [7, 11) is 0. The standard InChI is InChI=1S/C17H27NOS/c1-12-10-15(20-16-8-9-19-13(16)2)7-6-14(12)11-18-17(3,4)5/h6-7,10,13,16,18H,8-9,11H2,1-5H3. The van der Waals surface area contributed by atoms with Crippen molar-refractivity contribution in [1.29, 1.82) is 0 Å². The van der Waals surface area contributed by atoms with Crippen molar-refractivity contribution in [2.24, 2.45) is 0 Å². The van der Waals surface area contributed by atoms with E-state index in [9.17, 15) is 0 Å². The van der Waals surface area contributed by atoms with Crippen molar-refractivity contribution in [2.45, 2.75) is 69.4 Å². The molecule has 20 heavy (non-hydrogen) atoms. The lowest BCUT2D eigenvalue weighted by molar-refractivity contribution is 0.127. The lowest BCUT2D eigenvalue weighted by Crippen LogP contribution is -2.35. The van der Waals surface area contributed by atoms with Crippen LogP contribution in [-0.4, -0.2) is 23.5 Å². The molecule has 0 saturated carbocycles. The number of thioether (sulfide) groups is 1. The average Bonchev–Trinajstić information content (AvgIpc) is 2.73. The van der Waals surface area contributed by atoms with E-state index in [1.54, 1.807) is 0 Å². The van der Waals surface area contributed by atoms with Gasteiger partial charge in [0.2, 0.25) is 0 Å². The Morgan fingerprint density at radius 1 is 1.35 bits per heavy atom. The molecular weight excluding hydrogens is 266 g/mol. The van der Waals surface area contributed by atoms with Gasteiger partial charge in [0.1, 0.15) is 0 Å². The van der Waals surface area contributed by atoms with Gasteiger partial charge in [-0.3, -0.25) is 0 Å². The molecule has 2 nitrogen and oxygen atoms in total. The summed E-state index contributed by atoms with van der Waals surface area (Å²) in [5, 5.41) is 4.16. The van der Waals surface area contributed by atoms with E-state index in [4.69, 9.17) is 4.74 Å². The molecule has 1 N–H and O–H groups in total. The highest BCUT2D eigenvalue weighted by atomic mass is 32.2. The van der Waals surface area contributed by atoms with E-state index in [1.807, 2.05) is 11.8 Å². The van der Waals surface area contributed by atoms with E-state index in [0.29, 0.717) is 11.4 Å². The quantitative estimate of drug-likeness (QED) is 0.901. The van der Waals surface area contributed by atoms with Crippen molar-refractivity contribution in [3.05, 3.63) is 29.3 Å². The zero-order chi connectivity index (χ0) is 14.8. The van der Waals surface area contributed by atoms with Gasteiger partial charge in [0, 0.05) is 28.8 Å². The van der Waals surface area contributed by atoms with E-state index >= 15 is 0 Å². The molecule has 1 heterocycles. The van der Waals surface area contributed by atoms with Crippen LogP contribution >= 0.6 is 11.8 Å². The van der Waals surface area contributed by atoms with Crippen LogP contribution in [0.2, 0.25) is 0 Å². The molecule has 2 unspecified atom stereocenters. The largest absolute Gasteiger partial charge is 0.377 e. The monoisotopic (exact) mass is 293 g/mol. The molecule has 3 heteroatoms. The first-order valence-corrected chi connectivity index (χ1v) is 8.36. The van der Waals surface area contributed by atoms with Crippen LogP contribution in [0, 0.1) is 6.92 Å². The number of hydrogen-bond acceptors (Lipinski definition) is 3. The predicted octanol–water partition coefficient (Wildman–Crippen LogP) is 4.15. The van der Waals surface area contributed by atoms with Crippen LogP contribution in [0.3, 0.4) is 0 Å². The maximum absolute atomic E-state index is 5.64. The van der Waals surface area contributed by atoms with Gasteiger partial charge in [-0.05, 0) is 64.3 Å². The summed E-state index contributed by atoms with van der Waals surface area (Å²) in [5.74, 6) is 0. The van der Waals surface area contributed by atoms with E-state index < -0.39 is 0 Å². The van der Waals surface area contributed by atoms with Crippen molar-refractivity contribution >= 4 is 11.8 Å². The van der Waals surface area contributed by atoms with Crippen LogP contribution in [0.5, 0.6) is 0 Å². The topological polar surface area (TPSA) is 21.3 Å². The van der Waals surface area contributed by atoms with Gasteiger partial charge < -0.3 is 10.1 Å². The van der Waals surface area contributed by atoms with Gasteiger partial charge >= 0.3 is 0 Å². The summed E-state index contributed by atoms with van der Waals surface area (Å²) in [4.78, 5) is 1.37. The van der Waals surface area contributed by atoms with Crippen LogP contribution in [-0.2, 0) is 11.3 Å². The third-order valence-corrected chi connectivity index (χ3v) is 5.17. The van der Waals surface area contributed by atoms with Gasteiger partial charge in [-0.25, -0.2) is 0 Å². The Morgan fingerprint density at radius 2 is 2.10 bits per heavy atom. The summed E-state index contributed by atoms with van der Waals surface area (Å²) in [6.07, 6.45) is 1.54. The fraction of sp³-hybridized carbons (Fsp3) is 0.647. The maximum atomic E-state index is 5.64. The van der Waals surface area contributed by atoms with Crippen LogP contribution in [0.1, 0.15) is 45.2 Å². The minimum atomic E-state index is 0.163. The van der Waals surface area contributed by atoms with Crippen molar-refractivity contribution in [3.8, 4) is 0 Å². The average molecular weight is 293 g/mol. The molecule has 1 aliphatic heterocycles. The SMILES string of the molecule is Cc1cc(SC2CCOC2C)ccc1CNC(C)(C)C. The number of nitrogens with one attached hydrogen (secondary N) is 1. The molecular formula is C17H27NOS. The Hall–Kier alpha value is -0.510. The molecule has 2 atom stereocenters. The second-order valence-electron chi connectivity index (χ2n) is 6.71. The molecule has 1 aliphatic rings. The minimum absolute atomic E-state index is 0.163. The Morgan fingerprint density at radius 3 is 2.65 bits per heavy atom. The molecule has 0 amide bonds. The first-order valence-electron chi connectivity index (χ1n) is 7.48. The van der Waals surface area contributed by atoms with Gasteiger partial charge in [-0.2, -0.15) is 0 Å². The fourth-order valence-corrected chi connectivity index (χ4v) is 3.57. The second kappa shape index (κ2) is 6.50. The van der Waals surface area contributed by atoms with Crippen LogP contribution in [0.4, 0.5) is 0 Å². The maximum Gasteiger partial charge on any atom is 0.0669 e. The molecule has 2 rings (SSSR count). The van der Waals surface area contributed by atoms with E-state index in [2.05, 4.69) is 58.1 Å². The van der Waals surface area contributed by atoms with Gasteiger partial charge in [0.15, 0.2) is 0 Å². The summed E-state index contributed by atoms with van der Waals surface area (Å²) in [5.41, 5.74) is 2.93. The Kier molecular flexibility index (Phi) is 5.16.